The van der Waals surface area contributed by atoms with Gasteiger partial charge in [0.25, 0.3) is 0 Å². The van der Waals surface area contributed by atoms with Crippen LogP contribution in [0, 0.1) is 11.8 Å². The fourth-order valence-electron chi connectivity index (χ4n) is 10.4. The van der Waals surface area contributed by atoms with E-state index in [2.05, 4.69) is 41.5 Å². The molecule has 0 fully saturated rings. The quantitative estimate of drug-likeness (QED) is 0.0222. The van der Waals surface area contributed by atoms with E-state index in [4.69, 9.17) is 37.0 Å². The molecule has 522 valence electrons. The highest BCUT2D eigenvalue weighted by Crippen LogP contribution is 2.45. The van der Waals surface area contributed by atoms with Crippen molar-refractivity contribution in [3.05, 3.63) is 0 Å². The Hall–Kier alpha value is -1.94. The van der Waals surface area contributed by atoms with Crippen molar-refractivity contribution in [3.63, 3.8) is 0 Å². The number of carbonyl (C=O) groups excluding carboxylic acids is 4. The maximum absolute atomic E-state index is 13.0. The Bertz CT molecular complexity index is 1720. The first-order valence-electron chi connectivity index (χ1n) is 36.0. The number of phosphoric acid groups is 2. The Balaban J connectivity index is 5.22. The summed E-state index contributed by atoms with van der Waals surface area (Å²) in [5.74, 6) is -0.574. The monoisotopic (exact) mass is 1300 g/mol. The number of esters is 4. The second kappa shape index (κ2) is 61.3. The summed E-state index contributed by atoms with van der Waals surface area (Å²) in [4.78, 5) is 72.4. The number of phosphoric ester groups is 2. The summed E-state index contributed by atoms with van der Waals surface area (Å²) < 4.78 is 68.2. The third kappa shape index (κ3) is 61.6. The predicted octanol–water partition coefficient (Wildman–Crippen LogP) is 19.6. The molecule has 0 radical (unpaired) electrons. The molecule has 0 aliphatic carbocycles. The normalized spacial score (nSPS) is 14.5. The van der Waals surface area contributed by atoms with Crippen LogP contribution in [0.1, 0.15) is 350 Å². The van der Waals surface area contributed by atoms with E-state index in [0.29, 0.717) is 25.7 Å². The Morgan fingerprint density at radius 2 is 0.580 bits per heavy atom. The van der Waals surface area contributed by atoms with E-state index in [1.54, 1.807) is 0 Å². The molecule has 0 saturated heterocycles. The van der Waals surface area contributed by atoms with Crippen molar-refractivity contribution >= 4 is 39.5 Å². The molecule has 0 amide bonds. The van der Waals surface area contributed by atoms with E-state index in [-0.39, 0.29) is 25.7 Å². The lowest BCUT2D eigenvalue weighted by Gasteiger charge is -2.21. The first kappa shape index (κ1) is 86.1. The van der Waals surface area contributed by atoms with Gasteiger partial charge in [0.15, 0.2) is 12.2 Å². The molecule has 0 rings (SSSR count). The third-order valence-electron chi connectivity index (χ3n) is 16.3. The largest absolute Gasteiger partial charge is 0.472 e. The van der Waals surface area contributed by atoms with Crippen molar-refractivity contribution in [2.45, 2.75) is 368 Å². The van der Waals surface area contributed by atoms with E-state index in [9.17, 15) is 43.2 Å². The molecule has 0 spiro atoms. The summed E-state index contributed by atoms with van der Waals surface area (Å²) in [5, 5.41) is 10.6. The highest BCUT2D eigenvalue weighted by Gasteiger charge is 2.30. The Morgan fingerprint density at radius 1 is 0.330 bits per heavy atom. The topological polar surface area (TPSA) is 237 Å². The van der Waals surface area contributed by atoms with Gasteiger partial charge in [-0.3, -0.25) is 37.3 Å². The fraction of sp³-hybridized carbons (Fsp3) is 0.942. The highest BCUT2D eigenvalue weighted by molar-refractivity contribution is 7.47. The summed E-state index contributed by atoms with van der Waals surface area (Å²) in [5.41, 5.74) is 0. The molecule has 19 heteroatoms. The smallest absolute Gasteiger partial charge is 0.462 e. The number of rotatable bonds is 68. The van der Waals surface area contributed by atoms with Crippen LogP contribution in [0.25, 0.3) is 0 Å². The van der Waals surface area contributed by atoms with Crippen LogP contribution in [-0.2, 0) is 65.4 Å². The number of aliphatic hydroxyl groups is 1. The number of carbonyl (C=O) groups is 4. The van der Waals surface area contributed by atoms with Gasteiger partial charge >= 0.3 is 39.5 Å². The minimum absolute atomic E-state index is 0.105. The average Bonchev–Trinajstić information content (AvgIpc) is 3.50. The first-order valence-corrected chi connectivity index (χ1v) is 39.0. The lowest BCUT2D eigenvalue weighted by molar-refractivity contribution is -0.161. The van der Waals surface area contributed by atoms with E-state index >= 15 is 0 Å². The Morgan fingerprint density at radius 3 is 0.864 bits per heavy atom. The second-order valence-corrected chi connectivity index (χ2v) is 28.5. The van der Waals surface area contributed by atoms with Crippen LogP contribution in [0.5, 0.6) is 0 Å². The highest BCUT2D eigenvalue weighted by atomic mass is 31.2. The van der Waals surface area contributed by atoms with Crippen molar-refractivity contribution in [2.24, 2.45) is 11.8 Å². The van der Waals surface area contributed by atoms with Crippen molar-refractivity contribution in [3.8, 4) is 0 Å². The Labute approximate surface area is 537 Å². The number of aliphatic hydroxyl groups excluding tert-OH is 1. The molecule has 88 heavy (non-hydrogen) atoms. The number of hydrogen-bond donors (Lipinski definition) is 3. The summed E-state index contributed by atoms with van der Waals surface area (Å²) in [6, 6.07) is 0. The van der Waals surface area contributed by atoms with Gasteiger partial charge in [-0.05, 0) is 37.5 Å². The van der Waals surface area contributed by atoms with Crippen LogP contribution < -0.4 is 0 Å². The maximum Gasteiger partial charge on any atom is 0.472 e. The molecule has 0 heterocycles. The Kier molecular flexibility index (Phi) is 59.9. The first-order chi connectivity index (χ1) is 42.4. The van der Waals surface area contributed by atoms with Gasteiger partial charge in [-0.15, -0.1) is 0 Å². The molecular formula is C69H134O17P2. The maximum atomic E-state index is 13.0. The van der Waals surface area contributed by atoms with Gasteiger partial charge in [-0.1, -0.05) is 298 Å². The molecule has 0 saturated carbocycles. The molecule has 0 aromatic rings. The van der Waals surface area contributed by atoms with Crippen molar-refractivity contribution in [1.29, 1.82) is 0 Å². The molecule has 0 aliphatic heterocycles. The summed E-state index contributed by atoms with van der Waals surface area (Å²) in [6.07, 6.45) is 45.8. The van der Waals surface area contributed by atoms with Crippen LogP contribution in [-0.4, -0.2) is 96.7 Å². The number of hydrogen-bond acceptors (Lipinski definition) is 15. The van der Waals surface area contributed by atoms with Gasteiger partial charge in [-0.2, -0.15) is 0 Å². The summed E-state index contributed by atoms with van der Waals surface area (Å²) in [7, 11) is -9.89. The van der Waals surface area contributed by atoms with E-state index in [1.165, 1.54) is 154 Å². The van der Waals surface area contributed by atoms with Gasteiger partial charge in [-0.25, -0.2) is 9.13 Å². The standard InChI is InChI=1S/C69H134O17P2/c1-7-10-12-14-16-17-18-19-20-21-28-34-40-46-52-67(72)80-58-65(86-69(74)54-48-42-36-30-25-23-27-33-38-44-50-62(6)9-3)60-84-88(77,78)82-56-63(70)55-81-87(75,76)83-59-64(57-79-66(71)51-45-39-31-15-13-11-8-2)85-68(73)53-47-41-35-29-24-22-26-32-37-43-49-61(4)5/h61-65,70H,7-60H2,1-6H3,(H,75,76)(H,77,78)/t62?,63-,64+,65+/m0/s1. The molecule has 0 aromatic heterocycles. The van der Waals surface area contributed by atoms with Gasteiger partial charge in [0.1, 0.15) is 19.3 Å². The van der Waals surface area contributed by atoms with Crippen molar-refractivity contribution in [1.82, 2.24) is 0 Å². The molecular weight excluding hydrogens is 1160 g/mol. The van der Waals surface area contributed by atoms with E-state index in [1.807, 2.05) is 0 Å². The zero-order valence-electron chi connectivity index (χ0n) is 57.0. The van der Waals surface area contributed by atoms with Crippen LogP contribution >= 0.6 is 15.6 Å². The second-order valence-electron chi connectivity index (χ2n) is 25.6. The summed E-state index contributed by atoms with van der Waals surface area (Å²) in [6.45, 7) is 9.52. The van der Waals surface area contributed by atoms with Crippen LogP contribution in [0.3, 0.4) is 0 Å². The van der Waals surface area contributed by atoms with Gasteiger partial charge in [0, 0.05) is 25.7 Å². The van der Waals surface area contributed by atoms with Crippen molar-refractivity contribution in [2.75, 3.05) is 39.6 Å². The van der Waals surface area contributed by atoms with Gasteiger partial charge < -0.3 is 33.8 Å². The number of ether oxygens (including phenoxy) is 4. The molecule has 3 unspecified atom stereocenters. The molecule has 6 atom stereocenters. The average molecular weight is 1300 g/mol. The van der Waals surface area contributed by atoms with Crippen LogP contribution in [0.2, 0.25) is 0 Å². The fourth-order valence-corrected chi connectivity index (χ4v) is 12.0. The van der Waals surface area contributed by atoms with E-state index < -0.39 is 97.5 Å². The molecule has 0 aromatic carbocycles. The predicted molar refractivity (Wildman–Crippen MR) is 354 cm³/mol. The number of unbranched alkanes of at least 4 members (excludes halogenated alkanes) is 37. The molecule has 17 nitrogen and oxygen atoms in total. The minimum Gasteiger partial charge on any atom is -0.462 e. The van der Waals surface area contributed by atoms with E-state index in [0.717, 1.165) is 115 Å². The zero-order valence-corrected chi connectivity index (χ0v) is 58.8. The minimum atomic E-state index is -4.95. The zero-order chi connectivity index (χ0) is 65.0. The van der Waals surface area contributed by atoms with Crippen LogP contribution in [0.15, 0.2) is 0 Å². The van der Waals surface area contributed by atoms with Gasteiger partial charge in [0.2, 0.25) is 0 Å². The van der Waals surface area contributed by atoms with Crippen LogP contribution in [0.4, 0.5) is 0 Å². The lowest BCUT2D eigenvalue weighted by atomic mass is 9.99. The van der Waals surface area contributed by atoms with Crippen molar-refractivity contribution < 1.29 is 80.2 Å². The third-order valence-corrected chi connectivity index (χ3v) is 18.2. The molecule has 0 aliphatic rings. The summed E-state index contributed by atoms with van der Waals surface area (Å²) >= 11 is 0. The SMILES string of the molecule is CCCCCCCCCCCCCCCCC(=O)OC[C@H](COP(=O)(O)OC[C@@H](O)COP(=O)(O)OC[C@@H](COC(=O)CCCCCCCCC)OC(=O)CCCCCCCCCCCCC(C)C)OC(=O)CCCCCCCCCCCCC(C)CC. The molecule has 0 bridgehead atoms. The molecule has 3 N–H and O–H groups in total. The lowest BCUT2D eigenvalue weighted by Crippen LogP contribution is -2.30. The van der Waals surface area contributed by atoms with Gasteiger partial charge in [0.05, 0.1) is 26.4 Å².